The third kappa shape index (κ3) is 1.27. The van der Waals surface area contributed by atoms with Crippen LogP contribution in [0.2, 0.25) is 0 Å². The SMILES string of the molecule is CN1Cc2nn(C3CC3)nc2-c2cccc(N)c21. The molecule has 1 aliphatic carbocycles. The van der Waals surface area contributed by atoms with Gasteiger partial charge in [0.25, 0.3) is 0 Å². The van der Waals surface area contributed by atoms with E-state index < -0.39 is 0 Å². The molecule has 2 N–H and O–H groups in total. The number of hydrogen-bond donors (Lipinski definition) is 1. The Bertz CT molecular complexity index is 626. The van der Waals surface area contributed by atoms with Gasteiger partial charge in [0.15, 0.2) is 0 Å². The van der Waals surface area contributed by atoms with Gasteiger partial charge in [0, 0.05) is 12.6 Å². The van der Waals surface area contributed by atoms with Crippen LogP contribution in [0, 0.1) is 0 Å². The predicted octanol–water partition coefficient (Wildman–Crippen LogP) is 1.81. The van der Waals surface area contributed by atoms with Crippen LogP contribution in [-0.2, 0) is 6.54 Å². The molecule has 0 spiro atoms. The van der Waals surface area contributed by atoms with Crippen molar-refractivity contribution in [2.75, 3.05) is 17.7 Å². The first-order valence-electron chi connectivity index (χ1n) is 6.30. The Morgan fingerprint density at radius 3 is 2.89 bits per heavy atom. The Kier molecular flexibility index (Phi) is 1.79. The van der Waals surface area contributed by atoms with Gasteiger partial charge in [0.05, 0.1) is 24.0 Å². The molecule has 0 bridgehead atoms. The van der Waals surface area contributed by atoms with Crippen LogP contribution in [0.25, 0.3) is 11.3 Å². The summed E-state index contributed by atoms with van der Waals surface area (Å²) in [4.78, 5) is 4.04. The first kappa shape index (κ1) is 9.94. The number of nitrogen functional groups attached to an aromatic ring is 1. The number of fused-ring (bicyclic) bond motifs is 3. The van der Waals surface area contributed by atoms with Crippen molar-refractivity contribution in [3.63, 3.8) is 0 Å². The van der Waals surface area contributed by atoms with Gasteiger partial charge in [-0.15, -0.1) is 0 Å². The molecule has 0 atom stereocenters. The third-order valence-corrected chi connectivity index (χ3v) is 3.66. The molecule has 0 saturated heterocycles. The molecular formula is C13H15N5. The molecule has 0 unspecified atom stereocenters. The Labute approximate surface area is 105 Å². The van der Waals surface area contributed by atoms with E-state index in [0.717, 1.165) is 34.9 Å². The summed E-state index contributed by atoms with van der Waals surface area (Å²) in [5.74, 6) is 0. The van der Waals surface area contributed by atoms with Gasteiger partial charge in [-0.2, -0.15) is 15.0 Å². The van der Waals surface area contributed by atoms with Crippen molar-refractivity contribution in [3.05, 3.63) is 23.9 Å². The van der Waals surface area contributed by atoms with E-state index in [1.54, 1.807) is 0 Å². The number of para-hydroxylation sites is 1. The maximum atomic E-state index is 6.07. The highest BCUT2D eigenvalue weighted by atomic mass is 15.5. The van der Waals surface area contributed by atoms with Crippen LogP contribution in [0.1, 0.15) is 24.6 Å². The van der Waals surface area contributed by atoms with Crippen LogP contribution in [0.3, 0.4) is 0 Å². The molecular weight excluding hydrogens is 226 g/mol. The summed E-state index contributed by atoms with van der Waals surface area (Å²) in [6.07, 6.45) is 2.40. The molecule has 0 amide bonds. The maximum Gasteiger partial charge on any atom is 0.120 e. The van der Waals surface area contributed by atoms with E-state index in [2.05, 4.69) is 21.2 Å². The van der Waals surface area contributed by atoms with Crippen LogP contribution in [0.15, 0.2) is 18.2 Å². The van der Waals surface area contributed by atoms with Crippen LogP contribution >= 0.6 is 0 Å². The average Bonchev–Trinajstić information content (AvgIpc) is 3.10. The van der Waals surface area contributed by atoms with Crippen molar-refractivity contribution in [1.82, 2.24) is 15.0 Å². The lowest BCUT2D eigenvalue weighted by atomic mass is 10.0. The second kappa shape index (κ2) is 3.25. The first-order valence-corrected chi connectivity index (χ1v) is 6.30. The Hall–Kier alpha value is -2.04. The quantitative estimate of drug-likeness (QED) is 0.773. The van der Waals surface area contributed by atoms with E-state index >= 15 is 0 Å². The van der Waals surface area contributed by atoms with E-state index in [1.165, 1.54) is 12.8 Å². The first-order chi connectivity index (χ1) is 8.74. The summed E-state index contributed by atoms with van der Waals surface area (Å²) in [5, 5.41) is 9.27. The molecule has 2 aliphatic rings. The fourth-order valence-corrected chi connectivity index (χ4v) is 2.62. The predicted molar refractivity (Wildman–Crippen MR) is 70.2 cm³/mol. The summed E-state index contributed by atoms with van der Waals surface area (Å²) in [5.41, 5.74) is 11.1. The van der Waals surface area contributed by atoms with E-state index in [9.17, 15) is 0 Å². The highest BCUT2D eigenvalue weighted by Gasteiger charge is 2.31. The summed E-state index contributed by atoms with van der Waals surface area (Å²) in [7, 11) is 2.05. The summed E-state index contributed by atoms with van der Waals surface area (Å²) in [6.45, 7) is 0.781. The van der Waals surface area contributed by atoms with Gasteiger partial charge < -0.3 is 10.6 Å². The van der Waals surface area contributed by atoms with Crippen LogP contribution in [0.5, 0.6) is 0 Å². The van der Waals surface area contributed by atoms with E-state index in [0.29, 0.717) is 6.04 Å². The number of aromatic nitrogens is 3. The van der Waals surface area contributed by atoms with Crippen molar-refractivity contribution in [1.29, 1.82) is 0 Å². The van der Waals surface area contributed by atoms with Gasteiger partial charge in [-0.1, -0.05) is 12.1 Å². The fourth-order valence-electron chi connectivity index (χ4n) is 2.62. The second-order valence-electron chi connectivity index (χ2n) is 5.15. The lowest BCUT2D eigenvalue weighted by Gasteiger charge is -2.27. The molecule has 1 aliphatic heterocycles. The Balaban J connectivity index is 1.93. The largest absolute Gasteiger partial charge is 0.397 e. The van der Waals surface area contributed by atoms with Gasteiger partial charge in [-0.25, -0.2) is 0 Å². The molecule has 1 fully saturated rings. The summed E-state index contributed by atoms with van der Waals surface area (Å²) >= 11 is 0. The number of nitrogens with zero attached hydrogens (tertiary/aromatic N) is 4. The zero-order chi connectivity index (χ0) is 12.3. The standard InChI is InChI=1S/C13H15N5/c1-17-7-11-12(16-18(15-11)8-5-6-8)9-3-2-4-10(14)13(9)17/h2-4,8H,5-7,14H2,1H3. The van der Waals surface area contributed by atoms with Crippen LogP contribution in [-0.4, -0.2) is 22.0 Å². The molecule has 2 aromatic rings. The van der Waals surface area contributed by atoms with Crippen molar-refractivity contribution in [2.24, 2.45) is 0 Å². The average molecular weight is 241 g/mol. The molecule has 5 heteroatoms. The number of hydrogen-bond acceptors (Lipinski definition) is 4. The fraction of sp³-hybridized carbons (Fsp3) is 0.385. The summed E-state index contributed by atoms with van der Waals surface area (Å²) < 4.78 is 0. The van der Waals surface area contributed by atoms with E-state index in [4.69, 9.17) is 5.73 Å². The highest BCUT2D eigenvalue weighted by Crippen LogP contribution is 2.41. The van der Waals surface area contributed by atoms with Crippen LogP contribution < -0.4 is 10.6 Å². The number of nitrogens with two attached hydrogens (primary N) is 1. The highest BCUT2D eigenvalue weighted by molar-refractivity contribution is 5.88. The number of rotatable bonds is 1. The van der Waals surface area contributed by atoms with Gasteiger partial charge in [-0.3, -0.25) is 0 Å². The van der Waals surface area contributed by atoms with Crippen molar-refractivity contribution in [3.8, 4) is 11.3 Å². The van der Waals surface area contributed by atoms with Gasteiger partial charge in [0.2, 0.25) is 0 Å². The number of anilines is 2. The molecule has 1 aromatic carbocycles. The molecule has 1 saturated carbocycles. The Morgan fingerprint density at radius 1 is 1.28 bits per heavy atom. The maximum absolute atomic E-state index is 6.07. The third-order valence-electron chi connectivity index (χ3n) is 3.66. The lowest BCUT2D eigenvalue weighted by molar-refractivity contribution is 0.549. The van der Waals surface area contributed by atoms with E-state index in [1.807, 2.05) is 24.0 Å². The van der Waals surface area contributed by atoms with Crippen molar-refractivity contribution < 1.29 is 0 Å². The second-order valence-corrected chi connectivity index (χ2v) is 5.15. The lowest BCUT2D eigenvalue weighted by Crippen LogP contribution is -2.22. The zero-order valence-electron chi connectivity index (χ0n) is 10.3. The van der Waals surface area contributed by atoms with Gasteiger partial charge in [-0.05, 0) is 18.9 Å². The number of benzene rings is 1. The molecule has 2 heterocycles. The molecule has 92 valence electrons. The molecule has 5 nitrogen and oxygen atoms in total. The summed E-state index contributed by atoms with van der Waals surface area (Å²) in [6, 6.07) is 6.51. The molecule has 0 radical (unpaired) electrons. The molecule has 4 rings (SSSR count). The minimum Gasteiger partial charge on any atom is -0.397 e. The molecule has 18 heavy (non-hydrogen) atoms. The Morgan fingerprint density at radius 2 is 2.11 bits per heavy atom. The van der Waals surface area contributed by atoms with Gasteiger partial charge in [0.1, 0.15) is 11.4 Å². The van der Waals surface area contributed by atoms with Gasteiger partial charge >= 0.3 is 0 Å². The van der Waals surface area contributed by atoms with Crippen LogP contribution in [0.4, 0.5) is 11.4 Å². The smallest absolute Gasteiger partial charge is 0.120 e. The zero-order valence-corrected chi connectivity index (χ0v) is 10.3. The van der Waals surface area contributed by atoms with E-state index in [-0.39, 0.29) is 0 Å². The monoisotopic (exact) mass is 241 g/mol. The normalized spacial score (nSPS) is 17.5. The topological polar surface area (TPSA) is 60.0 Å². The minimum absolute atomic E-state index is 0.519. The van der Waals surface area contributed by atoms with Crippen molar-refractivity contribution >= 4 is 11.4 Å². The minimum atomic E-state index is 0.519. The van der Waals surface area contributed by atoms with Crippen molar-refractivity contribution in [2.45, 2.75) is 25.4 Å². The molecule has 1 aromatic heterocycles.